The van der Waals surface area contributed by atoms with Gasteiger partial charge in [0.2, 0.25) is 5.78 Å². The van der Waals surface area contributed by atoms with Crippen LogP contribution in [0.1, 0.15) is 84.7 Å². The highest BCUT2D eigenvalue weighted by molar-refractivity contribution is 6.38. The number of aliphatic hydroxyl groups excluding tert-OH is 1. The van der Waals surface area contributed by atoms with E-state index < -0.39 is 85.7 Å². The first-order chi connectivity index (χ1) is 30.0. The number of phenolic OH excluding ortho intramolecular Hbond substituents is 5. The van der Waals surface area contributed by atoms with E-state index in [0.29, 0.717) is 33.4 Å². The monoisotopic (exact) mass is 866 g/mol. The molecule has 0 unspecified atom stereocenters. The Bertz CT molecular complexity index is 3190. The van der Waals surface area contributed by atoms with Crippen LogP contribution in [0.25, 0.3) is 67.5 Å². The number of ketones is 2. The van der Waals surface area contributed by atoms with Gasteiger partial charge < -0.3 is 49.7 Å². The van der Waals surface area contributed by atoms with Gasteiger partial charge in [0, 0.05) is 56.7 Å². The van der Waals surface area contributed by atoms with Crippen molar-refractivity contribution in [1.29, 1.82) is 0 Å². The molecule has 326 valence electrons. The Balaban J connectivity index is 1.45. The van der Waals surface area contributed by atoms with Gasteiger partial charge in [0.25, 0.3) is 0 Å². The van der Waals surface area contributed by atoms with Crippen LogP contribution in [0.3, 0.4) is 0 Å². The van der Waals surface area contributed by atoms with Crippen LogP contribution in [0.5, 0.6) is 40.2 Å². The van der Waals surface area contributed by atoms with Gasteiger partial charge in [-0.25, -0.2) is 9.59 Å². The van der Waals surface area contributed by atoms with E-state index in [1.807, 2.05) is 13.8 Å². The number of aryl methyl sites for hydroxylation is 3. The molecule has 14 nitrogen and oxygen atoms in total. The van der Waals surface area contributed by atoms with Crippen LogP contribution >= 0.6 is 0 Å². The van der Waals surface area contributed by atoms with Gasteiger partial charge in [0.15, 0.2) is 11.5 Å². The second-order valence-corrected chi connectivity index (χ2v) is 16.9. The first-order valence-corrected chi connectivity index (χ1v) is 20.2. The Kier molecular flexibility index (Phi) is 9.89. The Morgan fingerprint density at radius 2 is 0.938 bits per heavy atom. The van der Waals surface area contributed by atoms with Gasteiger partial charge in [-0.05, 0) is 97.2 Å². The summed E-state index contributed by atoms with van der Waals surface area (Å²) < 4.78 is 10.8. The number of hydrogen-bond donors (Lipinski definition) is 8. The van der Waals surface area contributed by atoms with Crippen molar-refractivity contribution in [2.75, 3.05) is 0 Å². The van der Waals surface area contributed by atoms with E-state index in [1.54, 1.807) is 53.7 Å². The molecule has 0 saturated carbocycles. The number of carbonyl (C=O) groups excluding carboxylic acids is 2. The molecule has 0 fully saturated rings. The summed E-state index contributed by atoms with van der Waals surface area (Å²) in [7, 11) is 0. The van der Waals surface area contributed by atoms with Crippen molar-refractivity contribution in [3.63, 3.8) is 0 Å². The van der Waals surface area contributed by atoms with Crippen LogP contribution in [0.2, 0.25) is 0 Å². The zero-order valence-corrected chi connectivity index (χ0v) is 35.8. The fourth-order valence-corrected chi connectivity index (χ4v) is 9.21. The Hall–Kier alpha value is -8.00. The topological polar surface area (TPSA) is 256 Å². The average Bonchev–Trinajstić information content (AvgIpc) is 3.18. The molecule has 8 N–H and O–H groups in total. The first-order valence-electron chi connectivity index (χ1n) is 20.2. The maximum Gasteiger partial charge on any atom is 0.347 e. The van der Waals surface area contributed by atoms with Gasteiger partial charge in [-0.1, -0.05) is 39.8 Å². The standard InChI is InChI=1S/C50H42O14/c1-17(2)34-22(8)42(54)26(15-28-43(55)40-30(52)9-19(5)10-32(40)63-49(28)61)38-24(34)11-20(6)36(46(38)58)37-21(7)12-25-35(18(3)4)48(60)45(57)27(39(25)47(37)59)16-29-44(56)41-31(53)13-23(51)14-33(41)64-50(29)62/h9-18,51-53,55-56,58-60H,1-8H3/b26-15-,27-16-. The van der Waals surface area contributed by atoms with Crippen molar-refractivity contribution in [3.05, 3.63) is 119 Å². The molecule has 0 saturated heterocycles. The summed E-state index contributed by atoms with van der Waals surface area (Å²) in [5, 5.41) is 90.1. The van der Waals surface area contributed by atoms with Crippen LogP contribution in [0.15, 0.2) is 66.2 Å². The number of Topliss-reactive ketones (excluding diaryl/α,β-unsaturated/α-hetero) is 2. The quantitative estimate of drug-likeness (QED) is 0.0594. The van der Waals surface area contributed by atoms with E-state index in [9.17, 15) is 60.0 Å². The highest BCUT2D eigenvalue weighted by Crippen LogP contribution is 2.55. The van der Waals surface area contributed by atoms with Gasteiger partial charge in [-0.2, -0.15) is 0 Å². The molecule has 0 bridgehead atoms. The molecule has 6 aromatic rings. The normalized spacial score (nSPS) is 15.5. The lowest BCUT2D eigenvalue weighted by atomic mass is 9.73. The van der Waals surface area contributed by atoms with E-state index in [-0.39, 0.29) is 72.6 Å². The van der Waals surface area contributed by atoms with Crippen molar-refractivity contribution in [3.8, 4) is 51.4 Å². The Labute approximate surface area is 363 Å². The number of carbonyl (C=O) groups is 2. The highest BCUT2D eigenvalue weighted by Gasteiger charge is 2.38. The second-order valence-electron chi connectivity index (χ2n) is 16.9. The third kappa shape index (κ3) is 6.23. The van der Waals surface area contributed by atoms with E-state index >= 15 is 0 Å². The van der Waals surface area contributed by atoms with Gasteiger partial charge in [0.1, 0.15) is 73.3 Å². The largest absolute Gasteiger partial charge is 0.508 e. The maximum absolute atomic E-state index is 14.5. The van der Waals surface area contributed by atoms with Gasteiger partial charge in [0.05, 0.1) is 0 Å². The number of hydrogen-bond acceptors (Lipinski definition) is 14. The molecule has 2 aliphatic rings. The molecular formula is C50H42O14. The van der Waals surface area contributed by atoms with E-state index in [2.05, 4.69) is 0 Å². The molecular weight excluding hydrogens is 825 g/mol. The molecule has 0 atom stereocenters. The summed E-state index contributed by atoms with van der Waals surface area (Å²) in [5.74, 6) is -7.25. The molecule has 8 rings (SSSR count). The summed E-state index contributed by atoms with van der Waals surface area (Å²) in [6.07, 6.45) is 1.99. The third-order valence-corrected chi connectivity index (χ3v) is 11.9. The minimum absolute atomic E-state index is 0.00439. The number of allylic oxidation sites excluding steroid dienone is 5. The highest BCUT2D eigenvalue weighted by atomic mass is 16.4. The van der Waals surface area contributed by atoms with Crippen LogP contribution in [0.4, 0.5) is 0 Å². The zero-order chi connectivity index (χ0) is 46.7. The lowest BCUT2D eigenvalue weighted by molar-refractivity contribution is -0.113. The van der Waals surface area contributed by atoms with Crippen LogP contribution in [0, 0.1) is 32.6 Å². The fraction of sp³-hybridized carbons (Fsp3) is 0.200. The molecule has 0 aliphatic heterocycles. The predicted octanol–water partition coefficient (Wildman–Crippen LogP) is 9.03. The predicted molar refractivity (Wildman–Crippen MR) is 240 cm³/mol. The number of aliphatic hydroxyl groups is 1. The molecule has 64 heavy (non-hydrogen) atoms. The van der Waals surface area contributed by atoms with E-state index in [4.69, 9.17) is 8.83 Å². The maximum atomic E-state index is 14.5. The molecule has 14 heteroatoms. The summed E-state index contributed by atoms with van der Waals surface area (Å²) in [5.41, 5.74) is -1.94. The van der Waals surface area contributed by atoms with Crippen LogP contribution < -0.4 is 11.3 Å². The summed E-state index contributed by atoms with van der Waals surface area (Å²) in [6, 6.07) is 7.99. The van der Waals surface area contributed by atoms with Crippen molar-refractivity contribution >= 4 is 67.9 Å². The molecule has 2 aromatic heterocycles. The molecule has 0 spiro atoms. The van der Waals surface area contributed by atoms with Crippen molar-refractivity contribution < 1.29 is 59.3 Å². The first kappa shape index (κ1) is 42.7. The zero-order valence-electron chi connectivity index (χ0n) is 35.8. The summed E-state index contributed by atoms with van der Waals surface area (Å²) in [6.45, 7) is 13.7. The SMILES string of the molecule is CC1=C(C(C)C)c2cc(C)c(-c3c(C)cc4c(c3O)/C(=C/c3c(O)c5c(O)cc(O)cc5oc3=O)C(=O)C(O)=C4C(C)C)c(O)c2/C(=C/c2c(O)c3c(O)cc(C)cc3oc2=O)C1=O. The summed E-state index contributed by atoms with van der Waals surface area (Å²) in [4.78, 5) is 55.6. The number of benzene rings is 4. The third-order valence-electron chi connectivity index (χ3n) is 11.9. The molecule has 0 amide bonds. The summed E-state index contributed by atoms with van der Waals surface area (Å²) >= 11 is 0. The number of aromatic hydroxyl groups is 7. The molecule has 0 radical (unpaired) electrons. The number of rotatable bonds is 5. The van der Waals surface area contributed by atoms with E-state index in [0.717, 1.165) is 24.3 Å². The lowest BCUT2D eigenvalue weighted by Gasteiger charge is -2.30. The van der Waals surface area contributed by atoms with Crippen molar-refractivity contribution in [2.45, 2.75) is 55.4 Å². The second kappa shape index (κ2) is 14.8. The Morgan fingerprint density at radius 3 is 1.42 bits per heavy atom. The van der Waals surface area contributed by atoms with Crippen molar-refractivity contribution in [2.24, 2.45) is 11.8 Å². The van der Waals surface area contributed by atoms with Gasteiger partial charge in [-0.3, -0.25) is 9.59 Å². The minimum Gasteiger partial charge on any atom is -0.508 e. The lowest BCUT2D eigenvalue weighted by Crippen LogP contribution is -2.19. The smallest absolute Gasteiger partial charge is 0.347 e. The van der Waals surface area contributed by atoms with Gasteiger partial charge in [-0.15, -0.1) is 0 Å². The minimum atomic E-state index is -1.20. The van der Waals surface area contributed by atoms with Crippen LogP contribution in [-0.4, -0.2) is 52.4 Å². The fourth-order valence-electron chi connectivity index (χ4n) is 9.21. The number of phenols is 5. The van der Waals surface area contributed by atoms with E-state index in [1.165, 1.54) is 12.1 Å². The van der Waals surface area contributed by atoms with Gasteiger partial charge >= 0.3 is 11.3 Å². The number of fused-ring (bicyclic) bond motifs is 4. The molecule has 4 aromatic carbocycles. The Morgan fingerprint density at radius 1 is 0.500 bits per heavy atom. The van der Waals surface area contributed by atoms with Crippen molar-refractivity contribution in [1.82, 2.24) is 0 Å². The average molecular weight is 867 g/mol. The molecule has 2 heterocycles. The van der Waals surface area contributed by atoms with Crippen LogP contribution in [-0.2, 0) is 9.59 Å². The molecule has 2 aliphatic carbocycles.